The Kier molecular flexibility index (Phi) is 4.56. The lowest BCUT2D eigenvalue weighted by atomic mass is 10.2. The summed E-state index contributed by atoms with van der Waals surface area (Å²) in [5.74, 6) is 0. The zero-order chi connectivity index (χ0) is 11.6. The van der Waals surface area contributed by atoms with Gasteiger partial charge in [0.1, 0.15) is 0 Å². The Labute approximate surface area is 88.3 Å². The van der Waals surface area contributed by atoms with Crippen molar-refractivity contribution in [3.8, 4) is 0 Å². The lowest BCUT2D eigenvalue weighted by molar-refractivity contribution is -0.441. The number of hydrogen-bond acceptors (Lipinski definition) is 3. The van der Waals surface area contributed by atoms with Gasteiger partial charge in [-0.15, -0.1) is 0 Å². The molecule has 0 atom stereocenters. The average Bonchev–Trinajstić information content (AvgIpc) is 1.78. The van der Waals surface area contributed by atoms with E-state index in [-0.39, 0.29) is 17.2 Å². The van der Waals surface area contributed by atoms with E-state index >= 15 is 0 Å². The summed E-state index contributed by atoms with van der Waals surface area (Å²) >= 11 is 0. The maximum absolute atomic E-state index is 5.69. The van der Waals surface area contributed by atoms with Crippen LogP contribution in [0.4, 0.5) is 0 Å². The van der Waals surface area contributed by atoms with E-state index in [0.717, 1.165) is 0 Å². The van der Waals surface area contributed by atoms with Crippen LogP contribution in [0.15, 0.2) is 0 Å². The Hall–Kier alpha value is -0.120. The van der Waals surface area contributed by atoms with Gasteiger partial charge < -0.3 is 0 Å². The normalized spacial score (nSPS) is 14.1. The van der Waals surface area contributed by atoms with Gasteiger partial charge in [-0.1, -0.05) is 5.23 Å². The van der Waals surface area contributed by atoms with Crippen molar-refractivity contribution in [3.63, 3.8) is 0 Å². The molecule has 3 heteroatoms. The van der Waals surface area contributed by atoms with Crippen molar-refractivity contribution in [1.82, 2.24) is 5.23 Å². The zero-order valence-corrected chi connectivity index (χ0v) is 10.8. The van der Waals surface area contributed by atoms with Gasteiger partial charge in [-0.25, -0.2) is 0 Å². The molecule has 0 saturated heterocycles. The van der Waals surface area contributed by atoms with Gasteiger partial charge in [-0.3, -0.25) is 9.68 Å². The Morgan fingerprint density at radius 1 is 0.786 bits per heavy atom. The van der Waals surface area contributed by atoms with Crippen LogP contribution in [-0.4, -0.2) is 22.5 Å². The van der Waals surface area contributed by atoms with Crippen LogP contribution in [0.1, 0.15) is 55.4 Å². The van der Waals surface area contributed by atoms with Gasteiger partial charge in [0.25, 0.3) is 0 Å². The molecule has 3 nitrogen and oxygen atoms in total. The SMILES string of the molecule is CC(C)N(OC(C)(C)C)OC(C)(C)C. The van der Waals surface area contributed by atoms with E-state index in [9.17, 15) is 0 Å². The summed E-state index contributed by atoms with van der Waals surface area (Å²) in [5.41, 5.74) is -0.453. The minimum atomic E-state index is -0.227. The first-order valence-corrected chi connectivity index (χ1v) is 5.19. The van der Waals surface area contributed by atoms with Crippen molar-refractivity contribution >= 4 is 0 Å². The van der Waals surface area contributed by atoms with E-state index in [1.54, 1.807) is 5.23 Å². The van der Waals surface area contributed by atoms with Crippen LogP contribution in [0.25, 0.3) is 0 Å². The van der Waals surface area contributed by atoms with Gasteiger partial charge in [0.05, 0.1) is 17.2 Å². The van der Waals surface area contributed by atoms with Crippen molar-refractivity contribution in [2.45, 2.75) is 72.6 Å². The summed E-state index contributed by atoms with van der Waals surface area (Å²) < 4.78 is 0. The predicted molar refractivity (Wildman–Crippen MR) is 58.7 cm³/mol. The Bertz CT molecular complexity index is 149. The quantitative estimate of drug-likeness (QED) is 0.658. The highest BCUT2D eigenvalue weighted by molar-refractivity contribution is 4.61. The fourth-order valence-electron chi connectivity index (χ4n) is 0.769. The molecule has 0 aliphatic rings. The number of hydroxylamine groups is 2. The molecule has 0 rings (SSSR count). The molecule has 0 heterocycles. The minimum Gasteiger partial charge on any atom is -0.268 e. The van der Waals surface area contributed by atoms with Crippen LogP contribution < -0.4 is 0 Å². The third kappa shape index (κ3) is 7.30. The van der Waals surface area contributed by atoms with Gasteiger partial charge in [-0.2, -0.15) is 0 Å². The van der Waals surface area contributed by atoms with Crippen LogP contribution in [0, 0.1) is 0 Å². The summed E-state index contributed by atoms with van der Waals surface area (Å²) in [6, 6.07) is 0.202. The highest BCUT2D eigenvalue weighted by atomic mass is 17.0. The van der Waals surface area contributed by atoms with E-state index in [1.807, 2.05) is 55.4 Å². The second kappa shape index (κ2) is 4.60. The fourth-order valence-corrected chi connectivity index (χ4v) is 0.769. The fraction of sp³-hybridized carbons (Fsp3) is 1.00. The topological polar surface area (TPSA) is 21.7 Å². The number of nitrogens with zero attached hydrogens (tertiary/aromatic N) is 1. The molecule has 0 aliphatic heterocycles. The maximum Gasteiger partial charge on any atom is 0.0842 e. The molecule has 0 unspecified atom stereocenters. The van der Waals surface area contributed by atoms with Crippen molar-refractivity contribution in [2.24, 2.45) is 0 Å². The second-order valence-electron chi connectivity index (χ2n) is 5.79. The summed E-state index contributed by atoms with van der Waals surface area (Å²) in [5, 5.41) is 1.58. The first-order chi connectivity index (χ1) is 6.01. The van der Waals surface area contributed by atoms with Crippen molar-refractivity contribution in [1.29, 1.82) is 0 Å². The lowest BCUT2D eigenvalue weighted by Crippen LogP contribution is -2.43. The molecule has 0 bridgehead atoms. The zero-order valence-electron chi connectivity index (χ0n) is 10.8. The van der Waals surface area contributed by atoms with Gasteiger partial charge in [0.15, 0.2) is 0 Å². The van der Waals surface area contributed by atoms with Crippen LogP contribution >= 0.6 is 0 Å². The summed E-state index contributed by atoms with van der Waals surface area (Å²) in [6.45, 7) is 16.1. The first-order valence-electron chi connectivity index (χ1n) is 5.19. The third-order valence-corrected chi connectivity index (χ3v) is 1.15. The Balaban J connectivity index is 4.32. The molecule has 14 heavy (non-hydrogen) atoms. The molecule has 0 aromatic carbocycles. The molecule has 0 saturated carbocycles. The summed E-state index contributed by atoms with van der Waals surface area (Å²) in [7, 11) is 0. The van der Waals surface area contributed by atoms with E-state index in [2.05, 4.69) is 0 Å². The summed E-state index contributed by atoms with van der Waals surface area (Å²) in [6.07, 6.45) is 0. The monoisotopic (exact) mass is 203 g/mol. The molecule has 0 amide bonds. The Morgan fingerprint density at radius 2 is 1.07 bits per heavy atom. The average molecular weight is 203 g/mol. The van der Waals surface area contributed by atoms with E-state index in [4.69, 9.17) is 9.68 Å². The molecule has 0 aromatic heterocycles. The highest BCUT2D eigenvalue weighted by Crippen LogP contribution is 2.18. The molecule has 0 fully saturated rings. The maximum atomic E-state index is 5.69. The number of rotatable bonds is 3. The number of hydrogen-bond donors (Lipinski definition) is 0. The molecular weight excluding hydrogens is 178 g/mol. The smallest absolute Gasteiger partial charge is 0.0842 e. The van der Waals surface area contributed by atoms with Crippen LogP contribution in [0.3, 0.4) is 0 Å². The minimum absolute atomic E-state index is 0.202. The van der Waals surface area contributed by atoms with Gasteiger partial charge in [0.2, 0.25) is 0 Å². The molecule has 0 aliphatic carbocycles. The largest absolute Gasteiger partial charge is 0.268 e. The summed E-state index contributed by atoms with van der Waals surface area (Å²) in [4.78, 5) is 11.4. The molecular formula is C11H25NO2. The standard InChI is InChI=1S/C11H25NO2/c1-9(2)12(13-10(3,4)5)14-11(6,7)8/h9H,1-8H3. The van der Waals surface area contributed by atoms with Crippen LogP contribution in [0.5, 0.6) is 0 Å². The van der Waals surface area contributed by atoms with E-state index < -0.39 is 0 Å². The van der Waals surface area contributed by atoms with Crippen molar-refractivity contribution in [3.05, 3.63) is 0 Å². The van der Waals surface area contributed by atoms with Gasteiger partial charge >= 0.3 is 0 Å². The lowest BCUT2D eigenvalue weighted by Gasteiger charge is -2.35. The van der Waals surface area contributed by atoms with Crippen LogP contribution in [-0.2, 0) is 9.68 Å². The second-order valence-corrected chi connectivity index (χ2v) is 5.79. The highest BCUT2D eigenvalue weighted by Gasteiger charge is 2.25. The predicted octanol–water partition coefficient (Wildman–Crippen LogP) is 3.16. The van der Waals surface area contributed by atoms with Crippen LogP contribution in [0.2, 0.25) is 0 Å². The van der Waals surface area contributed by atoms with E-state index in [0.29, 0.717) is 0 Å². The molecule has 0 radical (unpaired) electrons. The Morgan fingerprint density at radius 3 is 1.21 bits per heavy atom. The molecule has 86 valence electrons. The van der Waals surface area contributed by atoms with Gasteiger partial charge in [0, 0.05) is 0 Å². The van der Waals surface area contributed by atoms with Crippen molar-refractivity contribution in [2.75, 3.05) is 0 Å². The molecule has 0 spiro atoms. The van der Waals surface area contributed by atoms with Crippen molar-refractivity contribution < 1.29 is 9.68 Å². The van der Waals surface area contributed by atoms with E-state index in [1.165, 1.54) is 0 Å². The van der Waals surface area contributed by atoms with Gasteiger partial charge in [-0.05, 0) is 55.4 Å². The molecule has 0 aromatic rings. The first kappa shape index (κ1) is 13.9. The third-order valence-electron chi connectivity index (χ3n) is 1.15. The molecule has 0 N–H and O–H groups in total.